The molecule has 1 atom stereocenters. The van der Waals surface area contributed by atoms with Crippen molar-refractivity contribution >= 4 is 17.3 Å². The van der Waals surface area contributed by atoms with E-state index in [0.29, 0.717) is 0 Å². The van der Waals surface area contributed by atoms with Crippen LogP contribution in [0.3, 0.4) is 0 Å². The van der Waals surface area contributed by atoms with Gasteiger partial charge in [-0.05, 0) is 62.6 Å². The van der Waals surface area contributed by atoms with Gasteiger partial charge in [0.1, 0.15) is 5.69 Å². The molecular formula is C19H24N4O3. The molecule has 1 N–H and O–H groups in total. The highest BCUT2D eigenvalue weighted by Crippen LogP contribution is 2.32. The van der Waals surface area contributed by atoms with Gasteiger partial charge in [0, 0.05) is 25.0 Å². The molecule has 1 aliphatic rings. The van der Waals surface area contributed by atoms with Crippen LogP contribution in [0.4, 0.5) is 11.4 Å². The van der Waals surface area contributed by atoms with E-state index < -0.39 is 4.92 Å². The average Bonchev–Trinajstić information content (AvgIpc) is 3.18. The normalized spacial score (nSPS) is 17.4. The lowest BCUT2D eigenvalue weighted by Gasteiger charge is -2.24. The van der Waals surface area contributed by atoms with E-state index in [0.717, 1.165) is 30.5 Å². The summed E-state index contributed by atoms with van der Waals surface area (Å²) in [4.78, 5) is 25.5. The van der Waals surface area contributed by atoms with E-state index in [9.17, 15) is 14.9 Å². The molecule has 7 heteroatoms. The summed E-state index contributed by atoms with van der Waals surface area (Å²) < 4.78 is 2.08. The first-order valence-electron chi connectivity index (χ1n) is 8.77. The Morgan fingerprint density at radius 1 is 1.35 bits per heavy atom. The monoisotopic (exact) mass is 356 g/mol. The second-order valence-electron chi connectivity index (χ2n) is 6.93. The number of nitro groups is 1. The fraction of sp³-hybridized carbons (Fsp3) is 0.421. The van der Waals surface area contributed by atoms with Crippen molar-refractivity contribution in [2.24, 2.45) is 7.05 Å². The predicted octanol–water partition coefficient (Wildman–Crippen LogP) is 3.33. The van der Waals surface area contributed by atoms with E-state index >= 15 is 0 Å². The fourth-order valence-corrected chi connectivity index (χ4v) is 3.60. The molecule has 0 aliphatic carbocycles. The third-order valence-electron chi connectivity index (χ3n) is 5.12. The van der Waals surface area contributed by atoms with Crippen LogP contribution in [-0.4, -0.2) is 33.4 Å². The third kappa shape index (κ3) is 3.62. The van der Waals surface area contributed by atoms with Crippen LogP contribution in [0, 0.1) is 24.0 Å². The SMILES string of the molecule is Cc1cc(NC(=O)CN2CCC[C@@H]2c2cccn2C)c([N+](=O)[O-])cc1C. The highest BCUT2D eigenvalue weighted by atomic mass is 16.6. The number of rotatable bonds is 5. The molecule has 1 saturated heterocycles. The van der Waals surface area contributed by atoms with E-state index in [1.54, 1.807) is 6.07 Å². The maximum Gasteiger partial charge on any atom is 0.293 e. The molecule has 7 nitrogen and oxygen atoms in total. The lowest BCUT2D eigenvalue weighted by atomic mass is 10.1. The first-order chi connectivity index (χ1) is 12.4. The minimum Gasteiger partial charge on any atom is -0.353 e. The number of hydrogen-bond donors (Lipinski definition) is 1. The molecule has 1 aliphatic heterocycles. The van der Waals surface area contributed by atoms with Crippen molar-refractivity contribution in [3.05, 3.63) is 57.4 Å². The van der Waals surface area contributed by atoms with E-state index in [1.807, 2.05) is 33.2 Å². The van der Waals surface area contributed by atoms with E-state index in [2.05, 4.69) is 20.9 Å². The summed E-state index contributed by atoms with van der Waals surface area (Å²) in [6, 6.07) is 7.47. The average molecular weight is 356 g/mol. The zero-order chi connectivity index (χ0) is 18.8. The summed E-state index contributed by atoms with van der Waals surface area (Å²) in [5.74, 6) is -0.225. The summed E-state index contributed by atoms with van der Waals surface area (Å²) in [5, 5.41) is 14.0. The second kappa shape index (κ2) is 7.29. The van der Waals surface area contributed by atoms with Gasteiger partial charge in [-0.1, -0.05) is 0 Å². The number of anilines is 1. The second-order valence-corrected chi connectivity index (χ2v) is 6.93. The standard InChI is InChI=1S/C19H24N4O3/c1-13-10-15(18(23(25)26)11-14(13)2)20-19(24)12-22-9-5-7-17(22)16-6-4-8-21(16)3/h4,6,8,10-11,17H,5,7,9,12H2,1-3H3,(H,20,24)/t17-/m1/s1. The number of carbonyl (C=O) groups is 1. The van der Waals surface area contributed by atoms with Crippen molar-refractivity contribution in [1.82, 2.24) is 9.47 Å². The van der Waals surface area contributed by atoms with Crippen molar-refractivity contribution in [3.63, 3.8) is 0 Å². The van der Waals surface area contributed by atoms with Crippen LogP contribution in [0.2, 0.25) is 0 Å². The summed E-state index contributed by atoms with van der Waals surface area (Å²) in [6.07, 6.45) is 4.05. The van der Waals surface area contributed by atoms with E-state index in [1.165, 1.54) is 11.8 Å². The topological polar surface area (TPSA) is 80.4 Å². The van der Waals surface area contributed by atoms with Gasteiger partial charge in [-0.25, -0.2) is 0 Å². The summed E-state index contributed by atoms with van der Waals surface area (Å²) in [7, 11) is 2.00. The highest BCUT2D eigenvalue weighted by molar-refractivity contribution is 5.94. The Hall–Kier alpha value is -2.67. The van der Waals surface area contributed by atoms with Crippen LogP contribution in [0.25, 0.3) is 0 Å². The van der Waals surface area contributed by atoms with Crippen LogP contribution in [0.5, 0.6) is 0 Å². The molecule has 0 spiro atoms. The summed E-state index contributed by atoms with van der Waals surface area (Å²) in [6.45, 7) is 4.77. The lowest BCUT2D eigenvalue weighted by molar-refractivity contribution is -0.384. The summed E-state index contributed by atoms with van der Waals surface area (Å²) in [5.41, 5.74) is 3.12. The smallest absolute Gasteiger partial charge is 0.293 e. The molecule has 138 valence electrons. The Balaban J connectivity index is 1.74. The van der Waals surface area contributed by atoms with Gasteiger partial charge < -0.3 is 9.88 Å². The Kier molecular flexibility index (Phi) is 5.08. The molecular weight excluding hydrogens is 332 g/mol. The molecule has 1 aromatic heterocycles. The van der Waals surface area contributed by atoms with E-state index in [-0.39, 0.29) is 29.9 Å². The van der Waals surface area contributed by atoms with E-state index in [4.69, 9.17) is 0 Å². The zero-order valence-electron chi connectivity index (χ0n) is 15.4. The first-order valence-corrected chi connectivity index (χ1v) is 8.77. The largest absolute Gasteiger partial charge is 0.353 e. The van der Waals surface area contributed by atoms with Crippen molar-refractivity contribution < 1.29 is 9.72 Å². The molecule has 0 saturated carbocycles. The van der Waals surface area contributed by atoms with Gasteiger partial charge >= 0.3 is 0 Å². The molecule has 0 unspecified atom stereocenters. The van der Waals surface area contributed by atoms with Crippen molar-refractivity contribution in [2.75, 3.05) is 18.4 Å². The fourth-order valence-electron chi connectivity index (χ4n) is 3.60. The molecule has 1 aromatic carbocycles. The number of nitrogens with zero attached hydrogens (tertiary/aromatic N) is 3. The molecule has 1 amide bonds. The number of hydrogen-bond acceptors (Lipinski definition) is 4. The number of aryl methyl sites for hydroxylation is 3. The van der Waals surface area contributed by atoms with Gasteiger partial charge in [0.2, 0.25) is 5.91 Å². The molecule has 2 heterocycles. The van der Waals surface area contributed by atoms with Gasteiger partial charge in [-0.2, -0.15) is 0 Å². The van der Waals surface area contributed by atoms with Crippen LogP contribution in [0.15, 0.2) is 30.5 Å². The van der Waals surface area contributed by atoms with Crippen LogP contribution >= 0.6 is 0 Å². The maximum absolute atomic E-state index is 12.6. The van der Waals surface area contributed by atoms with Gasteiger partial charge in [0.25, 0.3) is 5.69 Å². The number of carbonyl (C=O) groups excluding carboxylic acids is 1. The first kappa shape index (κ1) is 18.1. The van der Waals surface area contributed by atoms with Crippen LogP contribution in [0.1, 0.15) is 35.7 Å². The Morgan fingerprint density at radius 3 is 2.73 bits per heavy atom. The quantitative estimate of drug-likeness (QED) is 0.658. The molecule has 26 heavy (non-hydrogen) atoms. The number of nitro benzene ring substituents is 1. The number of aromatic nitrogens is 1. The van der Waals surface area contributed by atoms with Crippen molar-refractivity contribution in [1.29, 1.82) is 0 Å². The van der Waals surface area contributed by atoms with Crippen LogP contribution < -0.4 is 5.32 Å². The minimum atomic E-state index is -0.454. The Labute approximate surface area is 152 Å². The van der Waals surface area contributed by atoms with Crippen molar-refractivity contribution in [2.45, 2.75) is 32.7 Å². The van der Waals surface area contributed by atoms with Gasteiger partial charge in [-0.15, -0.1) is 0 Å². The minimum absolute atomic E-state index is 0.0677. The molecule has 1 fully saturated rings. The molecule has 0 radical (unpaired) electrons. The number of likely N-dealkylation sites (tertiary alicyclic amines) is 1. The predicted molar refractivity (Wildman–Crippen MR) is 100 cm³/mol. The van der Waals surface area contributed by atoms with Crippen LogP contribution in [-0.2, 0) is 11.8 Å². The summed E-state index contributed by atoms with van der Waals surface area (Å²) >= 11 is 0. The maximum atomic E-state index is 12.6. The van der Waals surface area contributed by atoms with Crippen molar-refractivity contribution in [3.8, 4) is 0 Å². The Bertz CT molecular complexity index is 843. The lowest BCUT2D eigenvalue weighted by Crippen LogP contribution is -2.33. The number of amides is 1. The number of nitrogens with one attached hydrogen (secondary N) is 1. The van der Waals surface area contributed by atoms with Gasteiger partial charge in [-0.3, -0.25) is 19.8 Å². The third-order valence-corrected chi connectivity index (χ3v) is 5.12. The zero-order valence-corrected chi connectivity index (χ0v) is 15.4. The highest BCUT2D eigenvalue weighted by Gasteiger charge is 2.29. The van der Waals surface area contributed by atoms with Gasteiger partial charge in [0.15, 0.2) is 0 Å². The molecule has 3 rings (SSSR count). The number of benzene rings is 1. The van der Waals surface area contributed by atoms with Gasteiger partial charge in [0.05, 0.1) is 17.5 Å². The molecule has 2 aromatic rings. The Morgan fingerprint density at radius 2 is 2.08 bits per heavy atom. The molecule has 0 bridgehead atoms.